The van der Waals surface area contributed by atoms with Crippen LogP contribution in [0.4, 0.5) is 5.13 Å². The molecule has 6 heteroatoms. The lowest BCUT2D eigenvalue weighted by Crippen LogP contribution is -2.38. The van der Waals surface area contributed by atoms with Gasteiger partial charge in [-0.2, -0.15) is 0 Å². The van der Waals surface area contributed by atoms with E-state index >= 15 is 0 Å². The average molecular weight is 295 g/mol. The third-order valence-electron chi connectivity index (χ3n) is 3.83. The van der Waals surface area contributed by atoms with Crippen LogP contribution >= 0.6 is 11.3 Å². The molecular formula is C14H21N3O2S. The van der Waals surface area contributed by atoms with Crippen molar-refractivity contribution in [2.24, 2.45) is 0 Å². The molecule has 0 aromatic carbocycles. The second-order valence-corrected chi connectivity index (χ2v) is 6.23. The normalized spacial score (nSPS) is 23.0. The maximum Gasteiger partial charge on any atom is 0.249 e. The first-order chi connectivity index (χ1) is 9.83. The van der Waals surface area contributed by atoms with Crippen LogP contribution in [0, 0.1) is 0 Å². The molecule has 1 aromatic rings. The lowest BCUT2D eigenvalue weighted by molar-refractivity contribution is -0.135. The van der Waals surface area contributed by atoms with Crippen LogP contribution < -0.4 is 10.2 Å². The molecule has 0 saturated carbocycles. The molecule has 1 unspecified atom stereocenters. The highest BCUT2D eigenvalue weighted by Gasteiger charge is 2.22. The number of amides is 1. The van der Waals surface area contributed by atoms with Crippen LogP contribution in [0.5, 0.6) is 0 Å². The SMILES string of the molecule is O=C(NCc1csc(N2CCCC2)n1)C1CCCCO1. The van der Waals surface area contributed by atoms with E-state index in [1.807, 2.05) is 5.38 Å². The van der Waals surface area contributed by atoms with E-state index in [0.29, 0.717) is 13.2 Å². The largest absolute Gasteiger partial charge is 0.368 e. The van der Waals surface area contributed by atoms with E-state index in [9.17, 15) is 4.79 Å². The van der Waals surface area contributed by atoms with Crippen molar-refractivity contribution >= 4 is 22.4 Å². The van der Waals surface area contributed by atoms with Gasteiger partial charge in [0.15, 0.2) is 5.13 Å². The van der Waals surface area contributed by atoms with Crippen molar-refractivity contribution in [1.29, 1.82) is 0 Å². The fourth-order valence-corrected chi connectivity index (χ4v) is 3.55. The summed E-state index contributed by atoms with van der Waals surface area (Å²) in [5, 5.41) is 6.06. The summed E-state index contributed by atoms with van der Waals surface area (Å²) in [6.07, 6.45) is 5.22. The molecule has 110 valence electrons. The van der Waals surface area contributed by atoms with E-state index in [4.69, 9.17) is 4.74 Å². The van der Waals surface area contributed by atoms with E-state index in [1.165, 1.54) is 12.8 Å². The van der Waals surface area contributed by atoms with Gasteiger partial charge in [0.25, 0.3) is 0 Å². The second-order valence-electron chi connectivity index (χ2n) is 5.39. The standard InChI is InChI=1S/C14H21N3O2S/c18-13(12-5-1-4-8-19-12)15-9-11-10-20-14(16-11)17-6-2-3-7-17/h10,12H,1-9H2,(H,15,18). The fraction of sp³-hybridized carbons (Fsp3) is 0.714. The Balaban J connectivity index is 1.49. The molecular weight excluding hydrogens is 274 g/mol. The minimum absolute atomic E-state index is 0.000391. The molecule has 2 aliphatic rings. The Morgan fingerprint density at radius 3 is 3.00 bits per heavy atom. The van der Waals surface area contributed by atoms with Crippen LogP contribution in [0.25, 0.3) is 0 Å². The van der Waals surface area contributed by atoms with Crippen molar-refractivity contribution in [1.82, 2.24) is 10.3 Å². The highest BCUT2D eigenvalue weighted by atomic mass is 32.1. The maximum absolute atomic E-state index is 12.0. The smallest absolute Gasteiger partial charge is 0.249 e. The molecule has 0 spiro atoms. The highest BCUT2D eigenvalue weighted by Crippen LogP contribution is 2.24. The van der Waals surface area contributed by atoms with Gasteiger partial charge >= 0.3 is 0 Å². The van der Waals surface area contributed by atoms with Crippen LogP contribution in [0.1, 0.15) is 37.8 Å². The molecule has 5 nitrogen and oxygen atoms in total. The van der Waals surface area contributed by atoms with E-state index < -0.39 is 0 Å². The summed E-state index contributed by atoms with van der Waals surface area (Å²) in [6, 6.07) is 0. The first-order valence-electron chi connectivity index (χ1n) is 7.41. The number of nitrogens with zero attached hydrogens (tertiary/aromatic N) is 2. The Labute approximate surface area is 123 Å². The number of rotatable bonds is 4. The zero-order valence-corrected chi connectivity index (χ0v) is 12.5. The molecule has 1 amide bonds. The molecule has 3 heterocycles. The summed E-state index contributed by atoms with van der Waals surface area (Å²) in [5.74, 6) is 0.000391. The van der Waals surface area contributed by atoms with Crippen LogP contribution in [0.2, 0.25) is 0 Å². The molecule has 20 heavy (non-hydrogen) atoms. The van der Waals surface area contributed by atoms with E-state index in [2.05, 4.69) is 15.2 Å². The van der Waals surface area contributed by atoms with Crippen LogP contribution in [-0.2, 0) is 16.1 Å². The van der Waals surface area contributed by atoms with Crippen molar-refractivity contribution in [3.63, 3.8) is 0 Å². The van der Waals surface area contributed by atoms with Crippen molar-refractivity contribution < 1.29 is 9.53 Å². The van der Waals surface area contributed by atoms with Gasteiger partial charge in [0.05, 0.1) is 12.2 Å². The van der Waals surface area contributed by atoms with Gasteiger partial charge in [-0.1, -0.05) is 0 Å². The van der Waals surface area contributed by atoms with Crippen molar-refractivity contribution in [2.45, 2.75) is 44.8 Å². The monoisotopic (exact) mass is 295 g/mol. The number of carbonyl (C=O) groups is 1. The summed E-state index contributed by atoms with van der Waals surface area (Å²) in [6.45, 7) is 3.42. The summed E-state index contributed by atoms with van der Waals surface area (Å²) >= 11 is 1.67. The lowest BCUT2D eigenvalue weighted by Gasteiger charge is -2.21. The van der Waals surface area contributed by atoms with Crippen molar-refractivity contribution in [3.05, 3.63) is 11.1 Å². The highest BCUT2D eigenvalue weighted by molar-refractivity contribution is 7.13. The molecule has 1 N–H and O–H groups in total. The summed E-state index contributed by atoms with van der Waals surface area (Å²) in [4.78, 5) is 18.9. The Morgan fingerprint density at radius 2 is 2.25 bits per heavy atom. The van der Waals surface area contributed by atoms with Gasteiger partial charge in [-0.25, -0.2) is 4.98 Å². The lowest BCUT2D eigenvalue weighted by atomic mass is 10.1. The first-order valence-corrected chi connectivity index (χ1v) is 8.29. The number of nitrogens with one attached hydrogen (secondary N) is 1. The molecule has 0 bridgehead atoms. The van der Waals surface area contributed by atoms with E-state index in [-0.39, 0.29) is 12.0 Å². The van der Waals surface area contributed by atoms with Gasteiger partial charge in [-0.05, 0) is 32.1 Å². The Morgan fingerprint density at radius 1 is 1.40 bits per heavy atom. The molecule has 0 aliphatic carbocycles. The predicted molar refractivity (Wildman–Crippen MR) is 79.0 cm³/mol. The minimum Gasteiger partial charge on any atom is -0.368 e. The van der Waals surface area contributed by atoms with Gasteiger partial charge in [0.1, 0.15) is 6.10 Å². The third-order valence-corrected chi connectivity index (χ3v) is 4.78. The van der Waals surface area contributed by atoms with Gasteiger partial charge < -0.3 is 15.0 Å². The topological polar surface area (TPSA) is 54.5 Å². The number of anilines is 1. The molecule has 2 saturated heterocycles. The maximum atomic E-state index is 12.0. The van der Waals surface area contributed by atoms with E-state index in [0.717, 1.165) is 43.2 Å². The number of aromatic nitrogens is 1. The quantitative estimate of drug-likeness (QED) is 0.922. The Kier molecular flexibility index (Phi) is 4.52. The molecule has 1 atom stereocenters. The number of carbonyl (C=O) groups excluding carboxylic acids is 1. The fourth-order valence-electron chi connectivity index (χ4n) is 2.67. The number of thiazole rings is 1. The number of hydrogen-bond donors (Lipinski definition) is 1. The van der Waals surface area contributed by atoms with Crippen LogP contribution in [0.3, 0.4) is 0 Å². The predicted octanol–water partition coefficient (Wildman–Crippen LogP) is 1.93. The zero-order valence-electron chi connectivity index (χ0n) is 11.6. The van der Waals surface area contributed by atoms with Crippen LogP contribution in [-0.4, -0.2) is 36.7 Å². The average Bonchev–Trinajstić information content (AvgIpc) is 3.16. The van der Waals surface area contributed by atoms with Gasteiger partial charge in [0, 0.05) is 25.1 Å². The van der Waals surface area contributed by atoms with Gasteiger partial charge in [-0.15, -0.1) is 11.3 Å². The van der Waals surface area contributed by atoms with Crippen molar-refractivity contribution in [3.8, 4) is 0 Å². The molecule has 0 radical (unpaired) electrons. The summed E-state index contributed by atoms with van der Waals surface area (Å²) < 4.78 is 5.48. The summed E-state index contributed by atoms with van der Waals surface area (Å²) in [5.41, 5.74) is 0.945. The summed E-state index contributed by atoms with van der Waals surface area (Å²) in [7, 11) is 0. The van der Waals surface area contributed by atoms with Gasteiger partial charge in [-0.3, -0.25) is 4.79 Å². The number of hydrogen-bond acceptors (Lipinski definition) is 5. The van der Waals surface area contributed by atoms with Gasteiger partial charge in [0.2, 0.25) is 5.91 Å². The molecule has 2 fully saturated rings. The molecule has 2 aliphatic heterocycles. The minimum atomic E-state index is -0.263. The zero-order chi connectivity index (χ0) is 13.8. The molecule has 3 rings (SSSR count). The third kappa shape index (κ3) is 3.30. The Hall–Kier alpha value is -1.14. The van der Waals surface area contributed by atoms with Crippen molar-refractivity contribution in [2.75, 3.05) is 24.6 Å². The Bertz CT molecular complexity index is 451. The van der Waals surface area contributed by atoms with Crippen LogP contribution in [0.15, 0.2) is 5.38 Å². The molecule has 1 aromatic heterocycles. The van der Waals surface area contributed by atoms with E-state index in [1.54, 1.807) is 11.3 Å². The number of ether oxygens (including phenoxy) is 1. The second kappa shape index (κ2) is 6.54. The first kappa shape index (κ1) is 13.8.